The Hall–Kier alpha value is -3.35. The zero-order valence-electron chi connectivity index (χ0n) is 17.3. The smallest absolute Gasteiger partial charge is 0.262 e. The van der Waals surface area contributed by atoms with Gasteiger partial charge >= 0.3 is 0 Å². The van der Waals surface area contributed by atoms with Gasteiger partial charge in [0, 0.05) is 17.6 Å². The predicted octanol–water partition coefficient (Wildman–Crippen LogP) is 2.82. The van der Waals surface area contributed by atoms with Crippen molar-refractivity contribution in [2.45, 2.75) is 32.7 Å². The summed E-state index contributed by atoms with van der Waals surface area (Å²) in [6, 6.07) is 10.4. The van der Waals surface area contributed by atoms with Gasteiger partial charge in [-0.1, -0.05) is 6.07 Å². The summed E-state index contributed by atoms with van der Waals surface area (Å²) in [7, 11) is 0. The Balaban J connectivity index is 1.41. The van der Waals surface area contributed by atoms with E-state index in [0.717, 1.165) is 17.1 Å². The highest BCUT2D eigenvalue weighted by molar-refractivity contribution is 6.22. The van der Waals surface area contributed by atoms with Crippen LogP contribution < -0.4 is 14.8 Å². The zero-order valence-corrected chi connectivity index (χ0v) is 17.3. The summed E-state index contributed by atoms with van der Waals surface area (Å²) in [5.74, 6) is 0.470. The van der Waals surface area contributed by atoms with E-state index in [-0.39, 0.29) is 23.3 Å². The van der Waals surface area contributed by atoms with Crippen LogP contribution in [-0.4, -0.2) is 47.9 Å². The Morgan fingerprint density at radius 2 is 1.67 bits per heavy atom. The van der Waals surface area contributed by atoms with Gasteiger partial charge in [0.2, 0.25) is 0 Å². The van der Waals surface area contributed by atoms with Gasteiger partial charge < -0.3 is 14.8 Å². The number of imide groups is 1. The molecule has 2 heterocycles. The monoisotopic (exact) mass is 408 g/mol. The second-order valence-corrected chi connectivity index (χ2v) is 8.36. The van der Waals surface area contributed by atoms with Crippen molar-refractivity contribution in [1.29, 1.82) is 0 Å². The lowest BCUT2D eigenvalue weighted by atomic mass is 10.1. The van der Waals surface area contributed by atoms with Gasteiger partial charge in [-0.05, 0) is 63.1 Å². The Kier molecular flexibility index (Phi) is 4.97. The van der Waals surface area contributed by atoms with Gasteiger partial charge in [0.25, 0.3) is 17.7 Å². The van der Waals surface area contributed by atoms with Gasteiger partial charge in [-0.2, -0.15) is 0 Å². The van der Waals surface area contributed by atoms with Gasteiger partial charge in [-0.15, -0.1) is 0 Å². The summed E-state index contributed by atoms with van der Waals surface area (Å²) in [5, 5.41) is 2.87. The van der Waals surface area contributed by atoms with Crippen LogP contribution in [0.3, 0.4) is 0 Å². The molecule has 0 unspecified atom stereocenters. The number of hydrogen-bond donors (Lipinski definition) is 1. The summed E-state index contributed by atoms with van der Waals surface area (Å²) in [4.78, 5) is 39.1. The Bertz CT molecular complexity index is 1040. The van der Waals surface area contributed by atoms with E-state index in [1.807, 2.05) is 18.2 Å². The number of rotatable bonds is 4. The molecule has 7 nitrogen and oxygen atoms in total. The van der Waals surface area contributed by atoms with Crippen molar-refractivity contribution in [2.24, 2.45) is 0 Å². The molecule has 0 aromatic heterocycles. The minimum atomic E-state index is -0.626. The summed E-state index contributed by atoms with van der Waals surface area (Å²) >= 11 is 0. The molecule has 0 radical (unpaired) electrons. The number of hydrogen-bond acceptors (Lipinski definition) is 5. The molecule has 0 fully saturated rings. The molecule has 2 aliphatic heterocycles. The largest absolute Gasteiger partial charge is 0.486 e. The molecule has 4 rings (SSSR count). The molecule has 3 amide bonds. The first kappa shape index (κ1) is 19.9. The van der Waals surface area contributed by atoms with Crippen molar-refractivity contribution in [2.75, 3.05) is 19.8 Å². The number of nitrogens with one attached hydrogen (secondary N) is 1. The normalized spacial score (nSPS) is 15.2. The fourth-order valence-electron chi connectivity index (χ4n) is 3.66. The molecule has 0 bridgehead atoms. The number of amides is 3. The quantitative estimate of drug-likeness (QED) is 0.787. The Morgan fingerprint density at radius 3 is 2.40 bits per heavy atom. The first-order valence-electron chi connectivity index (χ1n) is 9.95. The van der Waals surface area contributed by atoms with Crippen LogP contribution in [0.4, 0.5) is 0 Å². The lowest BCUT2D eigenvalue weighted by Crippen LogP contribution is -2.45. The maximum absolute atomic E-state index is 12.7. The molecule has 0 spiro atoms. The molecular formula is C23H24N2O5. The van der Waals surface area contributed by atoms with E-state index < -0.39 is 5.54 Å². The number of fused-ring (bicyclic) bond motifs is 2. The standard InChI is InChI=1S/C23H24N2O5/c1-23(2,3)25-21(27)16-6-5-15(13-17(16)22(25)28)20(26)24-9-8-14-4-7-18-19(12-14)30-11-10-29-18/h4-7,12-13H,8-11H2,1-3H3,(H,24,26). The number of ether oxygens (including phenoxy) is 2. The lowest BCUT2D eigenvalue weighted by Gasteiger charge is -2.29. The maximum Gasteiger partial charge on any atom is 0.262 e. The molecular weight excluding hydrogens is 384 g/mol. The van der Waals surface area contributed by atoms with E-state index in [0.29, 0.717) is 37.3 Å². The van der Waals surface area contributed by atoms with Crippen LogP contribution in [0.2, 0.25) is 0 Å². The summed E-state index contributed by atoms with van der Waals surface area (Å²) in [5.41, 5.74) is 1.36. The molecule has 156 valence electrons. The summed E-state index contributed by atoms with van der Waals surface area (Å²) in [6.45, 7) is 6.92. The highest BCUT2D eigenvalue weighted by Gasteiger charge is 2.42. The number of nitrogens with zero attached hydrogens (tertiary/aromatic N) is 1. The third-order valence-corrected chi connectivity index (χ3v) is 5.13. The van der Waals surface area contributed by atoms with Crippen LogP contribution in [0.5, 0.6) is 11.5 Å². The number of carbonyl (C=O) groups excluding carboxylic acids is 3. The average molecular weight is 408 g/mol. The molecule has 2 aromatic rings. The predicted molar refractivity (Wildman–Crippen MR) is 110 cm³/mol. The van der Waals surface area contributed by atoms with Gasteiger partial charge in [0.05, 0.1) is 11.1 Å². The second kappa shape index (κ2) is 7.48. The van der Waals surface area contributed by atoms with Crippen LogP contribution in [0, 0.1) is 0 Å². The van der Waals surface area contributed by atoms with Crippen LogP contribution in [0.25, 0.3) is 0 Å². The van der Waals surface area contributed by atoms with Crippen molar-refractivity contribution in [1.82, 2.24) is 10.2 Å². The van der Waals surface area contributed by atoms with E-state index in [1.165, 1.54) is 11.0 Å². The Morgan fingerprint density at radius 1 is 0.967 bits per heavy atom. The second-order valence-electron chi connectivity index (χ2n) is 8.36. The molecule has 2 aliphatic rings. The topological polar surface area (TPSA) is 84.9 Å². The van der Waals surface area contributed by atoms with E-state index in [1.54, 1.807) is 32.9 Å². The molecule has 7 heteroatoms. The third kappa shape index (κ3) is 3.63. The molecule has 2 aromatic carbocycles. The molecule has 0 atom stereocenters. The van der Waals surface area contributed by atoms with Gasteiger partial charge in [0.1, 0.15) is 13.2 Å². The summed E-state index contributed by atoms with van der Waals surface area (Å²) < 4.78 is 11.1. The van der Waals surface area contributed by atoms with Crippen LogP contribution in [0.15, 0.2) is 36.4 Å². The van der Waals surface area contributed by atoms with Crippen LogP contribution in [-0.2, 0) is 6.42 Å². The molecule has 0 saturated heterocycles. The first-order valence-corrected chi connectivity index (χ1v) is 9.95. The van der Waals surface area contributed by atoms with E-state index in [9.17, 15) is 14.4 Å². The highest BCUT2D eigenvalue weighted by Crippen LogP contribution is 2.31. The van der Waals surface area contributed by atoms with Crippen molar-refractivity contribution in [3.8, 4) is 11.5 Å². The van der Waals surface area contributed by atoms with Crippen LogP contribution >= 0.6 is 0 Å². The van der Waals surface area contributed by atoms with Crippen molar-refractivity contribution < 1.29 is 23.9 Å². The Labute approximate surface area is 175 Å². The van der Waals surface area contributed by atoms with E-state index in [4.69, 9.17) is 9.47 Å². The SMILES string of the molecule is CC(C)(C)N1C(=O)c2ccc(C(=O)NCCc3ccc4c(c3)OCCO4)cc2C1=O. The zero-order chi connectivity index (χ0) is 21.5. The van der Waals surface area contributed by atoms with Crippen molar-refractivity contribution in [3.63, 3.8) is 0 Å². The number of carbonyl (C=O) groups is 3. The maximum atomic E-state index is 12.7. The minimum Gasteiger partial charge on any atom is -0.486 e. The highest BCUT2D eigenvalue weighted by atomic mass is 16.6. The van der Waals surface area contributed by atoms with E-state index >= 15 is 0 Å². The molecule has 0 aliphatic carbocycles. The molecule has 0 saturated carbocycles. The summed E-state index contributed by atoms with van der Waals surface area (Å²) in [6.07, 6.45) is 0.628. The van der Waals surface area contributed by atoms with Crippen molar-refractivity contribution >= 4 is 17.7 Å². The number of benzene rings is 2. The third-order valence-electron chi connectivity index (χ3n) is 5.13. The minimum absolute atomic E-state index is 0.273. The lowest BCUT2D eigenvalue weighted by molar-refractivity contribution is 0.0507. The van der Waals surface area contributed by atoms with E-state index in [2.05, 4.69) is 5.32 Å². The fraction of sp³-hybridized carbons (Fsp3) is 0.348. The fourth-order valence-corrected chi connectivity index (χ4v) is 3.66. The van der Waals surface area contributed by atoms with Gasteiger partial charge in [-0.25, -0.2) is 0 Å². The average Bonchev–Trinajstić information content (AvgIpc) is 2.97. The molecule has 1 N–H and O–H groups in total. The van der Waals surface area contributed by atoms with Gasteiger partial charge in [-0.3, -0.25) is 19.3 Å². The van der Waals surface area contributed by atoms with Crippen molar-refractivity contribution in [3.05, 3.63) is 58.7 Å². The first-order chi connectivity index (χ1) is 14.3. The van der Waals surface area contributed by atoms with Crippen LogP contribution in [0.1, 0.15) is 57.4 Å². The molecule has 30 heavy (non-hydrogen) atoms. The van der Waals surface area contributed by atoms with Gasteiger partial charge in [0.15, 0.2) is 11.5 Å².